The first-order chi connectivity index (χ1) is 8.17. The molecule has 0 radical (unpaired) electrons. The van der Waals surface area contributed by atoms with E-state index in [2.05, 4.69) is 12.2 Å². The Morgan fingerprint density at radius 3 is 2.47 bits per heavy atom. The van der Waals surface area contributed by atoms with E-state index in [1.54, 1.807) is 0 Å². The van der Waals surface area contributed by atoms with Crippen LogP contribution in [0.3, 0.4) is 0 Å². The molecule has 1 N–H and O–H groups in total. The van der Waals surface area contributed by atoms with Crippen LogP contribution < -0.4 is 5.32 Å². The van der Waals surface area contributed by atoms with E-state index in [1.807, 2.05) is 50.3 Å². The van der Waals surface area contributed by atoms with Gasteiger partial charge in [-0.25, -0.2) is 0 Å². The molecule has 0 aliphatic rings. The van der Waals surface area contributed by atoms with Crippen LogP contribution in [-0.4, -0.2) is 11.9 Å². The number of benzene rings is 1. The number of hydrogen-bond donors (Lipinski definition) is 1. The third-order valence-corrected chi connectivity index (χ3v) is 2.80. The molecule has 0 saturated carbocycles. The van der Waals surface area contributed by atoms with E-state index in [-0.39, 0.29) is 11.9 Å². The topological polar surface area (TPSA) is 29.1 Å². The first-order valence-corrected chi connectivity index (χ1v) is 6.23. The van der Waals surface area contributed by atoms with E-state index in [0.29, 0.717) is 0 Å². The summed E-state index contributed by atoms with van der Waals surface area (Å²) < 4.78 is 0. The van der Waals surface area contributed by atoms with Gasteiger partial charge in [-0.05, 0) is 31.4 Å². The van der Waals surface area contributed by atoms with Gasteiger partial charge in [-0.2, -0.15) is 0 Å². The first-order valence-electron chi connectivity index (χ1n) is 6.23. The molecule has 0 aromatic heterocycles. The van der Waals surface area contributed by atoms with Crippen molar-refractivity contribution < 1.29 is 4.79 Å². The summed E-state index contributed by atoms with van der Waals surface area (Å²) in [5.74, 6) is 0.0469. The van der Waals surface area contributed by atoms with Crippen LogP contribution in [0.1, 0.15) is 39.2 Å². The minimum absolute atomic E-state index is 0.0469. The quantitative estimate of drug-likeness (QED) is 0.773. The molecule has 0 heterocycles. The summed E-state index contributed by atoms with van der Waals surface area (Å²) in [6.45, 7) is 6.09. The summed E-state index contributed by atoms with van der Waals surface area (Å²) in [6, 6.07) is 10.2. The summed E-state index contributed by atoms with van der Waals surface area (Å²) in [5, 5.41) is 2.99. The van der Waals surface area contributed by atoms with Crippen molar-refractivity contribution in [1.29, 1.82) is 0 Å². The predicted octanol–water partition coefficient (Wildman–Crippen LogP) is 3.39. The molecular formula is C15H21NO. The fraction of sp³-hybridized carbons (Fsp3) is 0.400. The minimum Gasteiger partial charge on any atom is -0.350 e. The average Bonchev–Trinajstić information content (AvgIpc) is 2.36. The smallest absolute Gasteiger partial charge is 0.247 e. The number of carbonyl (C=O) groups is 1. The molecular weight excluding hydrogens is 210 g/mol. The monoisotopic (exact) mass is 231 g/mol. The molecule has 2 nitrogen and oxygen atoms in total. The molecule has 1 rings (SSSR count). The van der Waals surface area contributed by atoms with Crippen molar-refractivity contribution in [3.05, 3.63) is 41.5 Å². The van der Waals surface area contributed by atoms with Crippen LogP contribution in [-0.2, 0) is 4.79 Å². The summed E-state index contributed by atoms with van der Waals surface area (Å²) in [5.41, 5.74) is 1.90. The molecule has 1 aromatic carbocycles. The van der Waals surface area contributed by atoms with Gasteiger partial charge in [-0.1, -0.05) is 44.2 Å². The van der Waals surface area contributed by atoms with Crippen molar-refractivity contribution in [3.8, 4) is 0 Å². The first kappa shape index (κ1) is 13.5. The fourth-order valence-corrected chi connectivity index (χ4v) is 1.50. The predicted molar refractivity (Wildman–Crippen MR) is 72.6 cm³/mol. The van der Waals surface area contributed by atoms with Crippen LogP contribution in [0.5, 0.6) is 0 Å². The van der Waals surface area contributed by atoms with Crippen LogP contribution in [0.2, 0.25) is 0 Å². The highest BCUT2D eigenvalue weighted by molar-refractivity contribution is 5.97. The summed E-state index contributed by atoms with van der Waals surface area (Å²) in [4.78, 5) is 12.0. The van der Waals surface area contributed by atoms with Crippen molar-refractivity contribution in [2.75, 3.05) is 0 Å². The zero-order valence-corrected chi connectivity index (χ0v) is 10.9. The number of hydrogen-bond acceptors (Lipinski definition) is 1. The molecule has 1 atom stereocenters. The Kier molecular flexibility index (Phi) is 5.47. The van der Waals surface area contributed by atoms with Crippen LogP contribution >= 0.6 is 0 Å². The van der Waals surface area contributed by atoms with Gasteiger partial charge in [-0.15, -0.1) is 0 Å². The normalized spacial score (nSPS) is 13.2. The van der Waals surface area contributed by atoms with Crippen LogP contribution in [0, 0.1) is 0 Å². The Balaban J connectivity index is 2.77. The highest BCUT2D eigenvalue weighted by Gasteiger charge is 2.09. The van der Waals surface area contributed by atoms with E-state index in [1.165, 1.54) is 0 Å². The molecule has 0 fully saturated rings. The van der Waals surface area contributed by atoms with Crippen LogP contribution in [0.15, 0.2) is 35.9 Å². The SMILES string of the molecule is CC/C(=C\c1ccccc1)C(=O)NC(C)CC. The third kappa shape index (κ3) is 4.43. The molecule has 2 heteroatoms. The highest BCUT2D eigenvalue weighted by atomic mass is 16.1. The standard InChI is InChI=1S/C15H21NO/c1-4-12(3)16-15(17)14(5-2)11-13-9-7-6-8-10-13/h6-12H,4-5H2,1-3H3,(H,16,17)/b14-11+. The van der Waals surface area contributed by atoms with Gasteiger partial charge in [0, 0.05) is 11.6 Å². The summed E-state index contributed by atoms with van der Waals surface area (Å²) in [6.07, 6.45) is 3.66. The van der Waals surface area contributed by atoms with Gasteiger partial charge in [-0.3, -0.25) is 4.79 Å². The lowest BCUT2D eigenvalue weighted by Gasteiger charge is -2.12. The van der Waals surface area contributed by atoms with E-state index in [9.17, 15) is 4.79 Å². The number of nitrogens with one attached hydrogen (secondary N) is 1. The maximum Gasteiger partial charge on any atom is 0.247 e. The second-order valence-electron chi connectivity index (χ2n) is 4.22. The molecule has 0 bridgehead atoms. The summed E-state index contributed by atoms with van der Waals surface area (Å²) in [7, 11) is 0. The third-order valence-electron chi connectivity index (χ3n) is 2.80. The van der Waals surface area contributed by atoms with Gasteiger partial charge in [0.1, 0.15) is 0 Å². The van der Waals surface area contributed by atoms with Crippen molar-refractivity contribution in [2.45, 2.75) is 39.7 Å². The van der Waals surface area contributed by atoms with E-state index >= 15 is 0 Å². The van der Waals surface area contributed by atoms with Crippen LogP contribution in [0.4, 0.5) is 0 Å². The molecule has 1 unspecified atom stereocenters. The van der Waals surface area contributed by atoms with Crippen molar-refractivity contribution in [2.24, 2.45) is 0 Å². The number of rotatable bonds is 5. The van der Waals surface area contributed by atoms with Gasteiger partial charge in [0.2, 0.25) is 5.91 Å². The van der Waals surface area contributed by atoms with Crippen molar-refractivity contribution >= 4 is 12.0 Å². The molecule has 0 saturated heterocycles. The Labute approximate surface area is 104 Å². The van der Waals surface area contributed by atoms with E-state index < -0.39 is 0 Å². The van der Waals surface area contributed by atoms with E-state index in [4.69, 9.17) is 0 Å². The zero-order chi connectivity index (χ0) is 12.7. The van der Waals surface area contributed by atoms with Gasteiger partial charge in [0.15, 0.2) is 0 Å². The van der Waals surface area contributed by atoms with Crippen LogP contribution in [0.25, 0.3) is 6.08 Å². The van der Waals surface area contributed by atoms with Gasteiger partial charge in [0.25, 0.3) is 0 Å². The van der Waals surface area contributed by atoms with Gasteiger partial charge < -0.3 is 5.32 Å². The Morgan fingerprint density at radius 1 is 1.29 bits per heavy atom. The number of amides is 1. The fourth-order valence-electron chi connectivity index (χ4n) is 1.50. The molecule has 0 spiro atoms. The second kappa shape index (κ2) is 6.89. The highest BCUT2D eigenvalue weighted by Crippen LogP contribution is 2.10. The van der Waals surface area contributed by atoms with Crippen molar-refractivity contribution in [3.63, 3.8) is 0 Å². The maximum absolute atomic E-state index is 12.0. The molecule has 0 aliphatic carbocycles. The summed E-state index contributed by atoms with van der Waals surface area (Å²) >= 11 is 0. The molecule has 1 aromatic rings. The lowest BCUT2D eigenvalue weighted by molar-refractivity contribution is -0.118. The maximum atomic E-state index is 12.0. The molecule has 17 heavy (non-hydrogen) atoms. The Hall–Kier alpha value is -1.57. The molecule has 1 amide bonds. The Bertz CT molecular complexity index is 381. The zero-order valence-electron chi connectivity index (χ0n) is 10.9. The molecule has 0 aliphatic heterocycles. The average molecular weight is 231 g/mol. The lowest BCUT2D eigenvalue weighted by Crippen LogP contribution is -2.32. The van der Waals surface area contributed by atoms with E-state index in [0.717, 1.165) is 24.0 Å². The second-order valence-corrected chi connectivity index (χ2v) is 4.22. The number of carbonyl (C=O) groups excluding carboxylic acids is 1. The largest absolute Gasteiger partial charge is 0.350 e. The molecule has 92 valence electrons. The van der Waals surface area contributed by atoms with Crippen molar-refractivity contribution in [1.82, 2.24) is 5.32 Å². The minimum atomic E-state index is 0.0469. The van der Waals surface area contributed by atoms with Gasteiger partial charge >= 0.3 is 0 Å². The van der Waals surface area contributed by atoms with Gasteiger partial charge in [0.05, 0.1) is 0 Å². The lowest BCUT2D eigenvalue weighted by atomic mass is 10.1. The Morgan fingerprint density at radius 2 is 1.94 bits per heavy atom.